The van der Waals surface area contributed by atoms with Gasteiger partial charge in [0.05, 0.1) is 13.2 Å². The van der Waals surface area contributed by atoms with Crippen LogP contribution in [0.25, 0.3) is 0 Å². The summed E-state index contributed by atoms with van der Waals surface area (Å²) in [5.41, 5.74) is 7.13. The second-order valence-corrected chi connectivity index (χ2v) is 7.56. The van der Waals surface area contributed by atoms with Crippen LogP contribution in [0.4, 0.5) is 5.95 Å². The molecule has 1 aromatic heterocycles. The minimum absolute atomic E-state index is 0. The molecular weight excluding hydrogens is 417 g/mol. The fourth-order valence-electron chi connectivity index (χ4n) is 3.04. The van der Waals surface area contributed by atoms with Crippen LogP contribution in [-0.2, 0) is 16.0 Å². The summed E-state index contributed by atoms with van der Waals surface area (Å²) in [7, 11) is 1.78. The lowest BCUT2D eigenvalue weighted by atomic mass is 10.0. The topological polar surface area (TPSA) is 105 Å². The highest BCUT2D eigenvalue weighted by atomic mass is 35.5. The van der Waals surface area contributed by atoms with Gasteiger partial charge in [0, 0.05) is 50.4 Å². The number of hydrogen-bond acceptors (Lipinski definition) is 6. The highest BCUT2D eigenvalue weighted by Crippen LogP contribution is 2.12. The van der Waals surface area contributed by atoms with Gasteiger partial charge in [-0.25, -0.2) is 4.98 Å². The molecule has 0 saturated carbocycles. The summed E-state index contributed by atoms with van der Waals surface area (Å²) in [6.07, 6.45) is 1.45. The molecule has 1 aromatic rings. The number of aromatic amines is 1. The maximum atomic E-state index is 12.5. The van der Waals surface area contributed by atoms with E-state index < -0.39 is 0 Å². The van der Waals surface area contributed by atoms with Gasteiger partial charge in [-0.2, -0.15) is 0 Å². The first-order valence-electron chi connectivity index (χ1n) is 9.71. The number of rotatable bonds is 8. The number of morpholine rings is 1. The minimum atomic E-state index is -0.165. The Labute approximate surface area is 185 Å². The van der Waals surface area contributed by atoms with E-state index in [1.165, 1.54) is 0 Å². The number of ether oxygens (including phenoxy) is 1. The molecule has 8 nitrogen and oxygen atoms in total. The molecule has 1 aliphatic rings. The van der Waals surface area contributed by atoms with Crippen LogP contribution in [0.15, 0.2) is 4.79 Å². The number of anilines is 1. The number of amides is 1. The molecular formula is C19H35Cl2N5O3. The van der Waals surface area contributed by atoms with E-state index in [-0.39, 0.29) is 48.7 Å². The molecule has 2 heterocycles. The van der Waals surface area contributed by atoms with E-state index in [1.54, 1.807) is 11.9 Å². The minimum Gasteiger partial charge on any atom is -0.378 e. The van der Waals surface area contributed by atoms with Crippen LogP contribution < -0.4 is 16.2 Å². The highest BCUT2D eigenvalue weighted by molar-refractivity contribution is 5.85. The summed E-state index contributed by atoms with van der Waals surface area (Å²) in [6, 6.07) is 0.0854. The Hall–Kier alpha value is -1.35. The molecule has 1 unspecified atom stereocenters. The van der Waals surface area contributed by atoms with Gasteiger partial charge in [-0.05, 0) is 25.7 Å². The Morgan fingerprint density at radius 3 is 2.48 bits per heavy atom. The number of carbonyl (C=O) groups is 1. The largest absolute Gasteiger partial charge is 0.378 e. The quantitative estimate of drug-likeness (QED) is 0.620. The Kier molecular flexibility index (Phi) is 12.4. The Bertz CT molecular complexity index is 693. The van der Waals surface area contributed by atoms with Gasteiger partial charge < -0.3 is 20.3 Å². The lowest BCUT2D eigenvalue weighted by molar-refractivity contribution is -0.129. The fraction of sp³-hybridized carbons (Fsp3) is 0.737. The molecule has 0 aromatic carbocycles. The standard InChI is InChI=1S/C19H33N5O3.2ClH/c1-13(2)16(20)7-8-23(4)17(25)6-5-15-14(3)21-19(22-18(15)26)24-9-11-27-12-10-24;;/h13,16H,5-12,20H2,1-4H3,(H,21,22,26);2*1H. The number of halogens is 2. The molecule has 168 valence electrons. The monoisotopic (exact) mass is 451 g/mol. The second kappa shape index (κ2) is 13.1. The van der Waals surface area contributed by atoms with Gasteiger partial charge in [0.25, 0.3) is 5.56 Å². The van der Waals surface area contributed by atoms with Crippen LogP contribution in [-0.4, -0.2) is 66.7 Å². The van der Waals surface area contributed by atoms with Crippen molar-refractivity contribution in [3.05, 3.63) is 21.6 Å². The zero-order chi connectivity index (χ0) is 20.0. The maximum Gasteiger partial charge on any atom is 0.255 e. The predicted molar refractivity (Wildman–Crippen MR) is 121 cm³/mol. The Morgan fingerprint density at radius 1 is 1.31 bits per heavy atom. The van der Waals surface area contributed by atoms with Gasteiger partial charge >= 0.3 is 0 Å². The molecule has 0 bridgehead atoms. The van der Waals surface area contributed by atoms with Gasteiger partial charge in [0.2, 0.25) is 11.9 Å². The number of nitrogens with two attached hydrogens (primary N) is 1. The van der Waals surface area contributed by atoms with E-state index in [2.05, 4.69) is 23.8 Å². The summed E-state index contributed by atoms with van der Waals surface area (Å²) >= 11 is 0. The van der Waals surface area contributed by atoms with Crippen LogP contribution in [0.1, 0.15) is 37.9 Å². The summed E-state index contributed by atoms with van der Waals surface area (Å²) in [5.74, 6) is 0.989. The number of nitrogens with zero attached hydrogens (tertiary/aromatic N) is 3. The zero-order valence-corrected chi connectivity index (χ0v) is 19.4. The summed E-state index contributed by atoms with van der Waals surface area (Å²) in [6.45, 7) is 9.29. The van der Waals surface area contributed by atoms with Crippen LogP contribution >= 0.6 is 24.8 Å². The van der Waals surface area contributed by atoms with Crippen LogP contribution in [0.5, 0.6) is 0 Å². The zero-order valence-electron chi connectivity index (χ0n) is 17.8. The van der Waals surface area contributed by atoms with E-state index in [0.29, 0.717) is 62.4 Å². The van der Waals surface area contributed by atoms with Crippen LogP contribution in [0.2, 0.25) is 0 Å². The number of aryl methyl sites for hydroxylation is 1. The van der Waals surface area contributed by atoms with Crippen molar-refractivity contribution >= 4 is 36.7 Å². The molecule has 0 radical (unpaired) electrons. The van der Waals surface area contributed by atoms with E-state index in [9.17, 15) is 9.59 Å². The lowest BCUT2D eigenvalue weighted by Crippen LogP contribution is -2.39. The molecule has 1 atom stereocenters. The van der Waals surface area contributed by atoms with Gasteiger partial charge in [0.15, 0.2) is 0 Å². The molecule has 1 amide bonds. The third kappa shape index (κ3) is 8.12. The molecule has 10 heteroatoms. The van der Waals surface area contributed by atoms with Crippen LogP contribution in [0, 0.1) is 12.8 Å². The number of carbonyl (C=O) groups excluding carboxylic acids is 1. The Morgan fingerprint density at radius 2 is 1.93 bits per heavy atom. The Balaban J connectivity index is 0.00000392. The van der Waals surface area contributed by atoms with Crippen molar-refractivity contribution < 1.29 is 9.53 Å². The van der Waals surface area contributed by atoms with Gasteiger partial charge in [-0.3, -0.25) is 14.6 Å². The molecule has 29 heavy (non-hydrogen) atoms. The maximum absolute atomic E-state index is 12.5. The average Bonchev–Trinajstić information content (AvgIpc) is 2.65. The average molecular weight is 452 g/mol. The van der Waals surface area contributed by atoms with E-state index in [4.69, 9.17) is 10.5 Å². The van der Waals surface area contributed by atoms with E-state index in [1.807, 2.05) is 11.8 Å². The van der Waals surface area contributed by atoms with E-state index >= 15 is 0 Å². The molecule has 3 N–H and O–H groups in total. The molecule has 2 rings (SSSR count). The van der Waals surface area contributed by atoms with Crippen molar-refractivity contribution in [2.24, 2.45) is 11.7 Å². The smallest absolute Gasteiger partial charge is 0.255 e. The molecule has 0 aliphatic carbocycles. The van der Waals surface area contributed by atoms with Crippen molar-refractivity contribution in [3.8, 4) is 0 Å². The van der Waals surface area contributed by atoms with Gasteiger partial charge in [-0.15, -0.1) is 24.8 Å². The first-order chi connectivity index (χ1) is 12.8. The number of aromatic nitrogens is 2. The summed E-state index contributed by atoms with van der Waals surface area (Å²) < 4.78 is 5.33. The fourth-order valence-corrected chi connectivity index (χ4v) is 3.04. The highest BCUT2D eigenvalue weighted by Gasteiger charge is 2.18. The molecule has 0 spiro atoms. The SMILES string of the molecule is Cc1nc(N2CCOCC2)[nH]c(=O)c1CCC(=O)N(C)CCC(N)C(C)C.Cl.Cl. The van der Waals surface area contributed by atoms with Crippen molar-refractivity contribution in [1.82, 2.24) is 14.9 Å². The lowest BCUT2D eigenvalue weighted by Gasteiger charge is -2.27. The first kappa shape index (κ1) is 27.6. The number of H-pyrrole nitrogens is 1. The van der Waals surface area contributed by atoms with Crippen LogP contribution in [0.3, 0.4) is 0 Å². The first-order valence-corrected chi connectivity index (χ1v) is 9.71. The van der Waals surface area contributed by atoms with Crippen molar-refractivity contribution in [3.63, 3.8) is 0 Å². The molecule has 1 fully saturated rings. The summed E-state index contributed by atoms with van der Waals surface area (Å²) in [4.78, 5) is 35.9. The number of nitrogens with one attached hydrogen (secondary N) is 1. The van der Waals surface area contributed by atoms with Gasteiger partial charge in [-0.1, -0.05) is 13.8 Å². The normalized spacial score (nSPS) is 14.8. The predicted octanol–water partition coefficient (Wildman–Crippen LogP) is 1.52. The third-order valence-corrected chi connectivity index (χ3v) is 5.19. The van der Waals surface area contributed by atoms with E-state index in [0.717, 1.165) is 6.42 Å². The third-order valence-electron chi connectivity index (χ3n) is 5.19. The van der Waals surface area contributed by atoms with Crippen molar-refractivity contribution in [1.29, 1.82) is 0 Å². The van der Waals surface area contributed by atoms with Crippen molar-refractivity contribution in [2.45, 2.75) is 46.1 Å². The molecule has 1 saturated heterocycles. The molecule has 1 aliphatic heterocycles. The second-order valence-electron chi connectivity index (χ2n) is 7.56. The summed E-state index contributed by atoms with van der Waals surface area (Å²) in [5, 5.41) is 0. The van der Waals surface area contributed by atoms with Crippen molar-refractivity contribution in [2.75, 3.05) is 44.8 Å². The number of hydrogen-bond donors (Lipinski definition) is 2. The van der Waals surface area contributed by atoms with Gasteiger partial charge in [0.1, 0.15) is 0 Å².